The monoisotopic (exact) mass is 495 g/mol. The zero-order valence-corrected chi connectivity index (χ0v) is 19.6. The number of amides is 2. The summed E-state index contributed by atoms with van der Waals surface area (Å²) in [6.45, 7) is 4.42. The lowest BCUT2D eigenvalue weighted by molar-refractivity contribution is 0.0973. The first-order valence-corrected chi connectivity index (χ1v) is 10.9. The molecule has 0 heterocycles. The first kappa shape index (κ1) is 22.7. The summed E-state index contributed by atoms with van der Waals surface area (Å²) >= 11 is 8.71. The van der Waals surface area contributed by atoms with Gasteiger partial charge in [-0.2, -0.15) is 0 Å². The van der Waals surface area contributed by atoms with Gasteiger partial charge in [0.25, 0.3) is 11.8 Å². The Morgan fingerprint density at radius 2 is 1.71 bits per heavy atom. The van der Waals surface area contributed by atoms with E-state index in [4.69, 9.17) is 12.2 Å². The van der Waals surface area contributed by atoms with Crippen molar-refractivity contribution < 1.29 is 9.59 Å². The molecule has 0 aliphatic carbocycles. The first-order valence-electron chi connectivity index (χ1n) is 9.74. The topological polar surface area (TPSA) is 61.4 Å². The third-order valence-electron chi connectivity index (χ3n) is 4.66. The third kappa shape index (κ3) is 5.77. The molecule has 0 spiro atoms. The number of benzene rings is 3. The van der Waals surface area contributed by atoms with Gasteiger partial charge in [-0.3, -0.25) is 14.9 Å². The van der Waals surface area contributed by atoms with E-state index in [9.17, 15) is 9.59 Å². The highest BCUT2D eigenvalue weighted by atomic mass is 79.9. The molecule has 2 amide bonds. The van der Waals surface area contributed by atoms with Gasteiger partial charge in [-0.05, 0) is 74.1 Å². The highest BCUT2D eigenvalue weighted by Crippen LogP contribution is 2.19. The standard InChI is InChI=1S/C24H22BrN3O2S/c1-3-28(20-10-5-4-6-11-20)23(30)18-8-7-9-19(14-18)26-24(31)27-22(29)17-13-12-16(2)21(25)15-17/h4-15H,3H2,1-2H3,(H2,26,27,29,31). The number of thiocarbonyl (C=S) groups is 1. The molecule has 0 saturated carbocycles. The molecule has 0 aliphatic rings. The molecule has 2 N–H and O–H groups in total. The Morgan fingerprint density at radius 1 is 0.968 bits per heavy atom. The lowest BCUT2D eigenvalue weighted by Crippen LogP contribution is -2.34. The Morgan fingerprint density at radius 3 is 2.39 bits per heavy atom. The number of rotatable bonds is 5. The third-order valence-corrected chi connectivity index (χ3v) is 5.72. The molecular weight excluding hydrogens is 474 g/mol. The fraction of sp³-hybridized carbons (Fsp3) is 0.125. The molecule has 0 fully saturated rings. The van der Waals surface area contributed by atoms with Crippen LogP contribution in [0.4, 0.5) is 11.4 Å². The highest BCUT2D eigenvalue weighted by Gasteiger charge is 2.16. The van der Waals surface area contributed by atoms with Crippen LogP contribution in [0.5, 0.6) is 0 Å². The number of carbonyl (C=O) groups excluding carboxylic acids is 2. The lowest BCUT2D eigenvalue weighted by Gasteiger charge is -2.21. The zero-order chi connectivity index (χ0) is 22.4. The summed E-state index contributed by atoms with van der Waals surface area (Å²) in [5, 5.41) is 5.80. The molecule has 31 heavy (non-hydrogen) atoms. The molecule has 7 heteroatoms. The molecule has 0 aliphatic heterocycles. The maximum Gasteiger partial charge on any atom is 0.258 e. The van der Waals surface area contributed by atoms with Crippen molar-refractivity contribution in [3.05, 3.63) is 94.0 Å². The highest BCUT2D eigenvalue weighted by molar-refractivity contribution is 9.10. The van der Waals surface area contributed by atoms with E-state index in [1.54, 1.807) is 41.3 Å². The largest absolute Gasteiger partial charge is 0.332 e. The van der Waals surface area contributed by atoms with Crippen molar-refractivity contribution in [3.8, 4) is 0 Å². The van der Waals surface area contributed by atoms with Crippen molar-refractivity contribution in [2.45, 2.75) is 13.8 Å². The maximum absolute atomic E-state index is 13.0. The summed E-state index contributed by atoms with van der Waals surface area (Å²) in [7, 11) is 0. The molecule has 3 aromatic rings. The van der Waals surface area contributed by atoms with Crippen LogP contribution in [0.3, 0.4) is 0 Å². The van der Waals surface area contributed by atoms with E-state index in [2.05, 4.69) is 26.6 Å². The second-order valence-electron chi connectivity index (χ2n) is 6.84. The average Bonchev–Trinajstić information content (AvgIpc) is 2.77. The second kappa shape index (κ2) is 10.3. The van der Waals surface area contributed by atoms with Crippen molar-refractivity contribution in [2.75, 3.05) is 16.8 Å². The number of anilines is 2. The summed E-state index contributed by atoms with van der Waals surface area (Å²) in [6, 6.07) is 21.9. The van der Waals surface area contributed by atoms with E-state index in [0.717, 1.165) is 15.7 Å². The molecule has 0 saturated heterocycles. The molecule has 3 rings (SSSR count). The number of aryl methyl sites for hydroxylation is 1. The van der Waals surface area contributed by atoms with Gasteiger partial charge in [0.1, 0.15) is 0 Å². The molecule has 3 aromatic carbocycles. The summed E-state index contributed by atoms with van der Waals surface area (Å²) in [4.78, 5) is 27.2. The van der Waals surface area contributed by atoms with Crippen LogP contribution in [0.15, 0.2) is 77.3 Å². The van der Waals surface area contributed by atoms with Crippen molar-refractivity contribution in [1.29, 1.82) is 0 Å². The van der Waals surface area contributed by atoms with Crippen molar-refractivity contribution in [3.63, 3.8) is 0 Å². The average molecular weight is 496 g/mol. The number of carbonyl (C=O) groups is 2. The SMILES string of the molecule is CCN(C(=O)c1cccc(NC(=S)NC(=O)c2ccc(C)c(Br)c2)c1)c1ccccc1. The normalized spacial score (nSPS) is 10.3. The molecule has 0 radical (unpaired) electrons. The Bertz CT molecular complexity index is 1120. The van der Waals surface area contributed by atoms with Gasteiger partial charge >= 0.3 is 0 Å². The van der Waals surface area contributed by atoms with Gasteiger partial charge in [0, 0.05) is 33.5 Å². The Hall–Kier alpha value is -3.03. The van der Waals surface area contributed by atoms with Crippen molar-refractivity contribution >= 4 is 56.4 Å². The molecule has 0 bridgehead atoms. The van der Waals surface area contributed by atoms with E-state index in [-0.39, 0.29) is 16.9 Å². The molecule has 0 aromatic heterocycles. The molecule has 158 valence electrons. The minimum atomic E-state index is -0.313. The summed E-state index contributed by atoms with van der Waals surface area (Å²) in [6.07, 6.45) is 0. The minimum Gasteiger partial charge on any atom is -0.332 e. The Labute approximate surface area is 195 Å². The van der Waals surface area contributed by atoms with Crippen LogP contribution < -0.4 is 15.5 Å². The van der Waals surface area contributed by atoms with Crippen LogP contribution in [0, 0.1) is 6.92 Å². The molecular formula is C24H22BrN3O2S. The number of hydrogen-bond donors (Lipinski definition) is 2. The number of halogens is 1. The second-order valence-corrected chi connectivity index (χ2v) is 8.10. The number of nitrogens with zero attached hydrogens (tertiary/aromatic N) is 1. The van der Waals surface area contributed by atoms with E-state index >= 15 is 0 Å². The van der Waals surface area contributed by atoms with Crippen LogP contribution in [-0.2, 0) is 0 Å². The van der Waals surface area contributed by atoms with Gasteiger partial charge in [-0.1, -0.05) is 46.3 Å². The predicted molar refractivity (Wildman–Crippen MR) is 133 cm³/mol. The van der Waals surface area contributed by atoms with E-state index in [1.165, 1.54) is 0 Å². The van der Waals surface area contributed by atoms with Gasteiger partial charge in [0.05, 0.1) is 0 Å². The summed E-state index contributed by atoms with van der Waals surface area (Å²) in [5.74, 6) is -0.427. The smallest absolute Gasteiger partial charge is 0.258 e. The van der Waals surface area contributed by atoms with Gasteiger partial charge in [-0.25, -0.2) is 0 Å². The number of hydrogen-bond acceptors (Lipinski definition) is 3. The van der Waals surface area contributed by atoms with Crippen LogP contribution in [0.25, 0.3) is 0 Å². The van der Waals surface area contributed by atoms with E-state index in [1.807, 2.05) is 50.2 Å². The number of nitrogens with one attached hydrogen (secondary N) is 2. The van der Waals surface area contributed by atoms with Crippen molar-refractivity contribution in [1.82, 2.24) is 5.32 Å². The van der Waals surface area contributed by atoms with E-state index < -0.39 is 0 Å². The first-order chi connectivity index (χ1) is 14.9. The molecule has 5 nitrogen and oxygen atoms in total. The van der Waals surface area contributed by atoms with Gasteiger partial charge in [-0.15, -0.1) is 0 Å². The Kier molecular flexibility index (Phi) is 7.55. The van der Waals surface area contributed by atoms with Gasteiger partial charge in [0.2, 0.25) is 0 Å². The minimum absolute atomic E-state index is 0.114. The van der Waals surface area contributed by atoms with Crippen molar-refractivity contribution in [2.24, 2.45) is 0 Å². The predicted octanol–water partition coefficient (Wildman–Crippen LogP) is 5.55. The fourth-order valence-electron chi connectivity index (χ4n) is 3.01. The van der Waals surface area contributed by atoms with Crippen LogP contribution in [0.1, 0.15) is 33.2 Å². The van der Waals surface area contributed by atoms with Crippen LogP contribution in [0.2, 0.25) is 0 Å². The summed E-state index contributed by atoms with van der Waals surface area (Å²) in [5.41, 5.74) is 3.50. The van der Waals surface area contributed by atoms with Gasteiger partial charge < -0.3 is 10.2 Å². The number of para-hydroxylation sites is 1. The van der Waals surface area contributed by atoms with E-state index in [0.29, 0.717) is 23.4 Å². The fourth-order valence-corrected chi connectivity index (χ4v) is 3.60. The van der Waals surface area contributed by atoms with Gasteiger partial charge in [0.15, 0.2) is 5.11 Å². The van der Waals surface area contributed by atoms with Crippen LogP contribution >= 0.6 is 28.1 Å². The molecule has 0 atom stereocenters. The lowest BCUT2D eigenvalue weighted by atomic mass is 10.1. The Balaban J connectivity index is 1.69. The molecule has 0 unspecified atom stereocenters. The quantitative estimate of drug-likeness (QED) is 0.455. The summed E-state index contributed by atoms with van der Waals surface area (Å²) < 4.78 is 0.851. The zero-order valence-electron chi connectivity index (χ0n) is 17.2. The van der Waals surface area contributed by atoms with Crippen LogP contribution in [-0.4, -0.2) is 23.5 Å². The maximum atomic E-state index is 13.0.